The first-order valence-electron chi connectivity index (χ1n) is 9.40. The largest absolute Gasteiger partial charge is 0.494 e. The third kappa shape index (κ3) is 4.24. The monoisotopic (exact) mass is 414 g/mol. The van der Waals surface area contributed by atoms with E-state index in [1.165, 1.54) is 19.2 Å². The SMILES string of the molecule is CCOc1ccc(N2C(=S)N[C@@H](c3cccc(F)c3)C(C(=O)OC)=C2CC)cc1. The van der Waals surface area contributed by atoms with E-state index in [2.05, 4.69) is 5.32 Å². The first-order chi connectivity index (χ1) is 14.0. The first-order valence-corrected chi connectivity index (χ1v) is 9.81. The molecule has 3 rings (SSSR count). The third-order valence-electron chi connectivity index (χ3n) is 4.67. The van der Waals surface area contributed by atoms with E-state index in [4.69, 9.17) is 21.7 Å². The van der Waals surface area contributed by atoms with Gasteiger partial charge >= 0.3 is 5.97 Å². The average molecular weight is 415 g/mol. The Balaban J connectivity index is 2.12. The molecule has 0 bridgehead atoms. The molecule has 152 valence electrons. The van der Waals surface area contributed by atoms with Crippen LogP contribution in [-0.2, 0) is 9.53 Å². The van der Waals surface area contributed by atoms with Gasteiger partial charge in [-0.05, 0) is 67.5 Å². The topological polar surface area (TPSA) is 50.8 Å². The number of rotatable bonds is 6. The van der Waals surface area contributed by atoms with Crippen LogP contribution < -0.4 is 15.0 Å². The summed E-state index contributed by atoms with van der Waals surface area (Å²) in [5.74, 6) is -0.117. The van der Waals surface area contributed by atoms with Gasteiger partial charge in [-0.15, -0.1) is 0 Å². The lowest BCUT2D eigenvalue weighted by Crippen LogP contribution is -2.48. The lowest BCUT2D eigenvalue weighted by atomic mass is 9.93. The summed E-state index contributed by atoms with van der Waals surface area (Å²) in [4.78, 5) is 14.5. The second kappa shape index (κ2) is 9.05. The molecule has 1 atom stereocenters. The van der Waals surface area contributed by atoms with Gasteiger partial charge in [0.25, 0.3) is 0 Å². The highest BCUT2D eigenvalue weighted by Gasteiger charge is 2.36. The number of esters is 1. The molecule has 0 aliphatic carbocycles. The van der Waals surface area contributed by atoms with E-state index >= 15 is 0 Å². The highest BCUT2D eigenvalue weighted by Crippen LogP contribution is 2.36. The van der Waals surface area contributed by atoms with Crippen LogP contribution in [0.2, 0.25) is 0 Å². The van der Waals surface area contributed by atoms with Gasteiger partial charge in [-0.1, -0.05) is 19.1 Å². The number of methoxy groups -OCH3 is 1. The van der Waals surface area contributed by atoms with Crippen LogP contribution in [0.25, 0.3) is 0 Å². The minimum Gasteiger partial charge on any atom is -0.494 e. The molecule has 1 heterocycles. The number of thiocarbonyl (C=S) groups is 1. The van der Waals surface area contributed by atoms with E-state index in [1.54, 1.807) is 12.1 Å². The van der Waals surface area contributed by atoms with E-state index in [0.717, 1.165) is 11.4 Å². The van der Waals surface area contributed by atoms with Crippen molar-refractivity contribution in [1.82, 2.24) is 5.32 Å². The van der Waals surface area contributed by atoms with Crippen LogP contribution in [0.1, 0.15) is 31.9 Å². The Morgan fingerprint density at radius 3 is 2.52 bits per heavy atom. The third-order valence-corrected chi connectivity index (χ3v) is 4.97. The first kappa shape index (κ1) is 20.8. The maximum atomic E-state index is 13.8. The van der Waals surface area contributed by atoms with Crippen molar-refractivity contribution in [3.8, 4) is 5.75 Å². The number of nitrogens with one attached hydrogen (secondary N) is 1. The Kier molecular flexibility index (Phi) is 6.49. The fourth-order valence-corrected chi connectivity index (χ4v) is 3.76. The number of carbonyl (C=O) groups excluding carboxylic acids is 1. The minimum atomic E-state index is -0.598. The fourth-order valence-electron chi connectivity index (χ4n) is 3.43. The summed E-state index contributed by atoms with van der Waals surface area (Å²) < 4.78 is 24.4. The van der Waals surface area contributed by atoms with E-state index in [0.29, 0.717) is 35.0 Å². The number of benzene rings is 2. The van der Waals surface area contributed by atoms with Crippen molar-refractivity contribution >= 4 is 29.0 Å². The van der Waals surface area contributed by atoms with Crippen LogP contribution in [0.5, 0.6) is 5.75 Å². The van der Waals surface area contributed by atoms with E-state index in [-0.39, 0.29) is 5.82 Å². The van der Waals surface area contributed by atoms with Gasteiger partial charge in [0, 0.05) is 11.4 Å². The van der Waals surface area contributed by atoms with Gasteiger partial charge < -0.3 is 14.8 Å². The molecule has 7 heteroatoms. The molecule has 29 heavy (non-hydrogen) atoms. The predicted molar refractivity (Wildman–Crippen MR) is 114 cm³/mol. The zero-order valence-corrected chi connectivity index (χ0v) is 17.4. The molecule has 1 N–H and O–H groups in total. The van der Waals surface area contributed by atoms with Gasteiger partial charge in [-0.2, -0.15) is 0 Å². The molecule has 0 radical (unpaired) electrons. The van der Waals surface area contributed by atoms with E-state index < -0.39 is 12.0 Å². The van der Waals surface area contributed by atoms with Gasteiger partial charge in [0.2, 0.25) is 0 Å². The number of allylic oxidation sites excluding steroid dienone is 1. The highest BCUT2D eigenvalue weighted by atomic mass is 32.1. The van der Waals surface area contributed by atoms with Crippen molar-refractivity contribution in [2.75, 3.05) is 18.6 Å². The highest BCUT2D eigenvalue weighted by molar-refractivity contribution is 7.80. The molecule has 0 saturated heterocycles. The van der Waals surface area contributed by atoms with Crippen molar-refractivity contribution in [3.63, 3.8) is 0 Å². The lowest BCUT2D eigenvalue weighted by molar-refractivity contribution is -0.136. The van der Waals surface area contributed by atoms with Crippen LogP contribution in [0.4, 0.5) is 10.1 Å². The number of carbonyl (C=O) groups is 1. The standard InChI is InChI=1S/C22H23FN2O3S/c1-4-18-19(21(26)27-3)20(14-7-6-8-15(23)13-14)24-22(29)25(18)16-9-11-17(12-10-16)28-5-2/h6-13,20H,4-5H2,1-3H3,(H,24,29)/t20-/m0/s1. The Morgan fingerprint density at radius 2 is 1.93 bits per heavy atom. The molecule has 1 aliphatic rings. The molecule has 2 aromatic rings. The Labute approximate surface area is 175 Å². The van der Waals surface area contributed by atoms with Gasteiger partial charge in [0.1, 0.15) is 11.6 Å². The average Bonchev–Trinajstić information content (AvgIpc) is 2.73. The Bertz CT molecular complexity index is 943. The molecule has 0 unspecified atom stereocenters. The molecule has 5 nitrogen and oxygen atoms in total. The number of anilines is 1. The summed E-state index contributed by atoms with van der Waals surface area (Å²) >= 11 is 5.63. The number of halogens is 1. The van der Waals surface area contributed by atoms with Crippen molar-refractivity contribution in [3.05, 3.63) is 71.2 Å². The van der Waals surface area contributed by atoms with Gasteiger partial charge in [0.15, 0.2) is 5.11 Å². The normalized spacial score (nSPS) is 16.5. The molecular weight excluding hydrogens is 391 g/mol. The predicted octanol–water partition coefficient (Wildman–Crippen LogP) is 4.50. The quantitative estimate of drug-likeness (QED) is 0.555. The van der Waals surface area contributed by atoms with Gasteiger partial charge in [0.05, 0.1) is 25.3 Å². The van der Waals surface area contributed by atoms with Crippen LogP contribution in [0.15, 0.2) is 59.8 Å². The number of hydrogen-bond acceptors (Lipinski definition) is 4. The van der Waals surface area contributed by atoms with Gasteiger partial charge in [-0.3, -0.25) is 4.90 Å². The number of ether oxygens (including phenoxy) is 2. The van der Waals surface area contributed by atoms with Gasteiger partial charge in [-0.25, -0.2) is 9.18 Å². The summed E-state index contributed by atoms with van der Waals surface area (Å²) in [6.45, 7) is 4.44. The molecule has 2 aromatic carbocycles. The van der Waals surface area contributed by atoms with Crippen LogP contribution in [0.3, 0.4) is 0 Å². The number of hydrogen-bond donors (Lipinski definition) is 1. The van der Waals surface area contributed by atoms with E-state index in [9.17, 15) is 9.18 Å². The second-order valence-corrected chi connectivity index (χ2v) is 6.79. The fraction of sp³-hybridized carbons (Fsp3) is 0.273. The molecule has 0 spiro atoms. The van der Waals surface area contributed by atoms with Crippen LogP contribution in [0, 0.1) is 5.82 Å². The summed E-state index contributed by atoms with van der Waals surface area (Å²) in [6.07, 6.45) is 0.533. The Morgan fingerprint density at radius 1 is 1.21 bits per heavy atom. The van der Waals surface area contributed by atoms with Crippen LogP contribution in [-0.4, -0.2) is 24.8 Å². The molecule has 0 amide bonds. The summed E-state index contributed by atoms with van der Waals surface area (Å²) in [5, 5.41) is 3.60. The zero-order chi connectivity index (χ0) is 21.0. The maximum absolute atomic E-state index is 13.8. The van der Waals surface area contributed by atoms with Crippen molar-refractivity contribution in [2.24, 2.45) is 0 Å². The van der Waals surface area contributed by atoms with E-state index in [1.807, 2.05) is 43.0 Å². The lowest BCUT2D eigenvalue weighted by Gasteiger charge is -2.38. The minimum absolute atomic E-state index is 0.383. The molecule has 1 aliphatic heterocycles. The van der Waals surface area contributed by atoms with Crippen molar-refractivity contribution < 1.29 is 18.7 Å². The molecule has 0 aromatic heterocycles. The molecular formula is C22H23FN2O3S. The summed E-state index contributed by atoms with van der Waals surface area (Å²) in [6, 6.07) is 13.0. The second-order valence-electron chi connectivity index (χ2n) is 6.41. The Hall–Kier alpha value is -2.93. The smallest absolute Gasteiger partial charge is 0.337 e. The van der Waals surface area contributed by atoms with Crippen LogP contribution >= 0.6 is 12.2 Å². The zero-order valence-electron chi connectivity index (χ0n) is 16.6. The maximum Gasteiger partial charge on any atom is 0.337 e. The summed E-state index contributed by atoms with van der Waals surface area (Å²) in [7, 11) is 1.33. The molecule has 0 fully saturated rings. The van der Waals surface area contributed by atoms with Crippen molar-refractivity contribution in [1.29, 1.82) is 0 Å². The molecule has 0 saturated carbocycles. The van der Waals surface area contributed by atoms with Crippen molar-refractivity contribution in [2.45, 2.75) is 26.3 Å². The number of nitrogens with zero attached hydrogens (tertiary/aromatic N) is 1. The summed E-state index contributed by atoms with van der Waals surface area (Å²) in [5.41, 5.74) is 2.51.